The number of rotatable bonds is 3. The first-order valence-corrected chi connectivity index (χ1v) is 7.65. The summed E-state index contributed by atoms with van der Waals surface area (Å²) in [4.78, 5) is 18.3. The van der Waals surface area contributed by atoms with Crippen LogP contribution in [0.2, 0.25) is 0 Å². The number of anilines is 1. The zero-order valence-electron chi connectivity index (χ0n) is 12.2. The van der Waals surface area contributed by atoms with Crippen molar-refractivity contribution in [3.63, 3.8) is 0 Å². The molecule has 2 aromatic carbocycles. The Balaban J connectivity index is 1.89. The van der Waals surface area contributed by atoms with Gasteiger partial charge in [0.25, 0.3) is 0 Å². The molecule has 0 spiro atoms. The number of hydrogen-bond donors (Lipinski definition) is 0. The zero-order chi connectivity index (χ0) is 16.4. The van der Waals surface area contributed by atoms with Gasteiger partial charge in [0.15, 0.2) is 0 Å². The SMILES string of the molecule is COc1ccc(N2C(=O)/C(=C/c3ccc(F)cc3)N=C2[Se])cc1. The molecule has 0 aromatic heterocycles. The normalized spacial score (nSPS) is 15.9. The van der Waals surface area contributed by atoms with Gasteiger partial charge in [0, 0.05) is 0 Å². The summed E-state index contributed by atoms with van der Waals surface area (Å²) in [5.41, 5.74) is 1.69. The van der Waals surface area contributed by atoms with Crippen LogP contribution >= 0.6 is 0 Å². The molecule has 0 aliphatic carbocycles. The first-order chi connectivity index (χ1) is 11.1. The topological polar surface area (TPSA) is 41.9 Å². The predicted octanol–water partition coefficient (Wildman–Crippen LogP) is 2.75. The standard InChI is InChI=1S/C17H12FN2O2Se/c1-22-14-8-6-13(7-9-14)20-16(21)15(19-17(20)23)10-11-2-4-12(18)5-3-11/h2-10H,1H3/b15-10-. The summed E-state index contributed by atoms with van der Waals surface area (Å²) in [6, 6.07) is 13.0. The van der Waals surface area contributed by atoms with Gasteiger partial charge in [-0.15, -0.1) is 0 Å². The molecule has 1 heterocycles. The van der Waals surface area contributed by atoms with Gasteiger partial charge in [-0.25, -0.2) is 0 Å². The molecule has 0 saturated carbocycles. The number of ether oxygens (including phenoxy) is 1. The second-order valence-electron chi connectivity index (χ2n) is 4.81. The molecule has 115 valence electrons. The Kier molecular flexibility index (Phi) is 4.28. The number of nitrogens with zero attached hydrogens (tertiary/aromatic N) is 2. The molecule has 1 radical (unpaired) electrons. The number of amides is 1. The number of aliphatic imine (C=N–C) groups is 1. The van der Waals surface area contributed by atoms with E-state index in [0.29, 0.717) is 27.4 Å². The van der Waals surface area contributed by atoms with Crippen LogP contribution in [0.25, 0.3) is 6.08 Å². The summed E-state index contributed by atoms with van der Waals surface area (Å²) in [6.45, 7) is 0. The first-order valence-electron chi connectivity index (χ1n) is 6.80. The summed E-state index contributed by atoms with van der Waals surface area (Å²) in [7, 11) is 1.58. The molecular weight excluding hydrogens is 362 g/mol. The molecule has 1 aliphatic rings. The molecule has 2 aromatic rings. The maximum absolute atomic E-state index is 12.9. The Bertz CT molecular complexity index is 798. The van der Waals surface area contributed by atoms with Crippen LogP contribution in [-0.2, 0) is 4.79 Å². The van der Waals surface area contributed by atoms with E-state index in [9.17, 15) is 9.18 Å². The molecule has 3 rings (SSSR count). The zero-order valence-corrected chi connectivity index (χ0v) is 13.9. The molecule has 4 nitrogen and oxygen atoms in total. The molecule has 6 heteroatoms. The van der Waals surface area contributed by atoms with Gasteiger partial charge in [0.05, 0.1) is 0 Å². The summed E-state index contributed by atoms with van der Waals surface area (Å²) in [5, 5.41) is 0. The van der Waals surface area contributed by atoms with E-state index in [1.54, 1.807) is 49.6 Å². The van der Waals surface area contributed by atoms with Crippen LogP contribution in [0.1, 0.15) is 5.56 Å². The van der Waals surface area contributed by atoms with Gasteiger partial charge in [-0.1, -0.05) is 0 Å². The van der Waals surface area contributed by atoms with E-state index in [-0.39, 0.29) is 11.7 Å². The third kappa shape index (κ3) is 3.18. The average molecular weight is 374 g/mol. The molecule has 23 heavy (non-hydrogen) atoms. The Labute approximate surface area is 141 Å². The van der Waals surface area contributed by atoms with Gasteiger partial charge in [0.1, 0.15) is 0 Å². The van der Waals surface area contributed by atoms with Crippen LogP contribution in [-0.4, -0.2) is 33.8 Å². The van der Waals surface area contributed by atoms with E-state index in [4.69, 9.17) is 4.74 Å². The number of methoxy groups -OCH3 is 1. The Hall–Kier alpha value is -2.43. The predicted molar refractivity (Wildman–Crippen MR) is 88.0 cm³/mol. The first kappa shape index (κ1) is 15.5. The van der Waals surface area contributed by atoms with Crippen molar-refractivity contribution in [2.24, 2.45) is 4.99 Å². The second-order valence-corrected chi connectivity index (χ2v) is 5.58. The number of amidine groups is 1. The minimum absolute atomic E-state index is 0.242. The van der Waals surface area contributed by atoms with Crippen molar-refractivity contribution in [1.82, 2.24) is 0 Å². The summed E-state index contributed by atoms with van der Waals surface area (Å²) in [6.07, 6.45) is 1.63. The molecule has 0 saturated heterocycles. The van der Waals surface area contributed by atoms with Gasteiger partial charge in [-0.3, -0.25) is 0 Å². The third-order valence-corrected chi connectivity index (χ3v) is 3.91. The molecule has 0 atom stereocenters. The van der Waals surface area contributed by atoms with E-state index in [1.165, 1.54) is 17.0 Å². The van der Waals surface area contributed by atoms with Gasteiger partial charge in [-0.05, 0) is 0 Å². The monoisotopic (exact) mass is 375 g/mol. The number of benzene rings is 2. The van der Waals surface area contributed by atoms with Crippen LogP contribution in [0.4, 0.5) is 10.1 Å². The quantitative estimate of drug-likeness (QED) is 0.613. The van der Waals surface area contributed by atoms with Gasteiger partial charge < -0.3 is 0 Å². The summed E-state index contributed by atoms with van der Waals surface area (Å²) < 4.78 is 18.5. The van der Waals surface area contributed by atoms with Crippen molar-refractivity contribution in [3.8, 4) is 5.75 Å². The molecule has 0 bridgehead atoms. The molecule has 1 amide bonds. The van der Waals surface area contributed by atoms with Gasteiger partial charge >= 0.3 is 141 Å². The number of halogens is 1. The van der Waals surface area contributed by atoms with E-state index >= 15 is 0 Å². The van der Waals surface area contributed by atoms with Crippen molar-refractivity contribution in [1.29, 1.82) is 0 Å². The fourth-order valence-corrected chi connectivity index (χ4v) is 2.77. The minimum atomic E-state index is -0.322. The van der Waals surface area contributed by atoms with E-state index in [0.717, 1.165) is 0 Å². The van der Waals surface area contributed by atoms with Crippen LogP contribution < -0.4 is 9.64 Å². The summed E-state index contributed by atoms with van der Waals surface area (Å²) >= 11 is 2.79. The van der Waals surface area contributed by atoms with Crippen LogP contribution in [0.3, 0.4) is 0 Å². The number of carbonyl (C=O) groups excluding carboxylic acids is 1. The fourth-order valence-electron chi connectivity index (χ4n) is 2.17. The molecule has 1 aliphatic heterocycles. The van der Waals surface area contributed by atoms with E-state index in [1.807, 2.05) is 0 Å². The number of carbonyl (C=O) groups is 1. The molecule has 0 fully saturated rings. The third-order valence-electron chi connectivity index (χ3n) is 3.33. The van der Waals surface area contributed by atoms with Crippen molar-refractivity contribution < 1.29 is 13.9 Å². The van der Waals surface area contributed by atoms with Crippen molar-refractivity contribution in [3.05, 3.63) is 65.6 Å². The molecule has 0 N–H and O–H groups in total. The van der Waals surface area contributed by atoms with Crippen LogP contribution in [0.5, 0.6) is 5.75 Å². The van der Waals surface area contributed by atoms with Crippen LogP contribution in [0.15, 0.2) is 59.2 Å². The average Bonchev–Trinajstić information content (AvgIpc) is 2.84. The summed E-state index contributed by atoms with van der Waals surface area (Å²) in [5.74, 6) is 0.145. The Morgan fingerprint density at radius 1 is 1.13 bits per heavy atom. The Morgan fingerprint density at radius 3 is 2.39 bits per heavy atom. The number of hydrogen-bond acceptors (Lipinski definition) is 3. The van der Waals surface area contributed by atoms with Crippen molar-refractivity contribution >= 4 is 38.4 Å². The van der Waals surface area contributed by atoms with E-state index < -0.39 is 0 Å². The van der Waals surface area contributed by atoms with E-state index in [2.05, 4.69) is 21.0 Å². The van der Waals surface area contributed by atoms with Crippen molar-refractivity contribution in [2.75, 3.05) is 12.0 Å². The second kappa shape index (κ2) is 6.36. The molecular formula is C17H12FN2O2Se. The molecule has 0 unspecified atom stereocenters. The maximum atomic E-state index is 12.9. The van der Waals surface area contributed by atoms with Crippen molar-refractivity contribution in [2.45, 2.75) is 0 Å². The van der Waals surface area contributed by atoms with Gasteiger partial charge in [-0.2, -0.15) is 0 Å². The fraction of sp³-hybridized carbons (Fsp3) is 0.0588. The van der Waals surface area contributed by atoms with Crippen LogP contribution in [0, 0.1) is 5.82 Å². The van der Waals surface area contributed by atoms with Gasteiger partial charge in [0.2, 0.25) is 0 Å². The Morgan fingerprint density at radius 2 is 1.78 bits per heavy atom.